The summed E-state index contributed by atoms with van der Waals surface area (Å²) in [4.78, 5) is 11.8. The summed E-state index contributed by atoms with van der Waals surface area (Å²) in [5.41, 5.74) is 0.863. The zero-order valence-corrected chi connectivity index (χ0v) is 13.1. The minimum Gasteiger partial charge on any atom is -0.411 e. The Morgan fingerprint density at radius 2 is 2.10 bits per heavy atom. The molecule has 1 atom stereocenters. The predicted octanol–water partition coefficient (Wildman–Crippen LogP) is 4.10. The number of hydrogen-bond acceptors (Lipinski definition) is 5. The number of ketones is 1. The van der Waals surface area contributed by atoms with Crippen LogP contribution >= 0.6 is 27.7 Å². The van der Waals surface area contributed by atoms with E-state index in [0.717, 1.165) is 29.3 Å². The molecule has 0 unspecified atom stereocenters. The van der Waals surface area contributed by atoms with Gasteiger partial charge in [-0.1, -0.05) is 30.3 Å². The van der Waals surface area contributed by atoms with E-state index in [1.54, 1.807) is 0 Å². The van der Waals surface area contributed by atoms with Crippen LogP contribution in [-0.2, 0) is 4.79 Å². The lowest BCUT2D eigenvalue weighted by molar-refractivity contribution is -0.119. The number of rotatable bonds is 3. The zero-order valence-electron chi connectivity index (χ0n) is 10.7. The van der Waals surface area contributed by atoms with E-state index < -0.39 is 0 Å². The molecule has 0 aliphatic heterocycles. The van der Waals surface area contributed by atoms with Crippen LogP contribution in [0.5, 0.6) is 0 Å². The molecule has 0 amide bonds. The van der Waals surface area contributed by atoms with Gasteiger partial charge in [-0.15, -0.1) is 10.2 Å². The van der Waals surface area contributed by atoms with Gasteiger partial charge in [0.15, 0.2) is 0 Å². The molecular formula is C14H13BrN2O2S. The Labute approximate surface area is 129 Å². The van der Waals surface area contributed by atoms with Crippen molar-refractivity contribution in [1.82, 2.24) is 10.2 Å². The van der Waals surface area contributed by atoms with E-state index in [-0.39, 0.29) is 5.25 Å². The highest BCUT2D eigenvalue weighted by Gasteiger charge is 2.25. The van der Waals surface area contributed by atoms with Gasteiger partial charge in [-0.25, -0.2) is 0 Å². The standard InChI is InChI=1S/C14H13BrN2O2S/c15-10-6-2-1-5-9(10)13-16-17-14(19-13)20-12-8-4-3-7-11(12)18/h1-2,5-6,12H,3-4,7-8H2/t12-/m0/s1. The fourth-order valence-corrected chi connectivity index (χ4v) is 3.64. The highest BCUT2D eigenvalue weighted by atomic mass is 79.9. The summed E-state index contributed by atoms with van der Waals surface area (Å²) in [6, 6.07) is 7.69. The molecule has 0 saturated heterocycles. The molecule has 20 heavy (non-hydrogen) atoms. The maximum atomic E-state index is 11.8. The third-order valence-corrected chi connectivity index (χ3v) is 5.09. The second-order valence-corrected chi connectivity index (χ2v) is 6.68. The van der Waals surface area contributed by atoms with Crippen molar-refractivity contribution < 1.29 is 9.21 Å². The van der Waals surface area contributed by atoms with Crippen molar-refractivity contribution in [3.05, 3.63) is 28.7 Å². The van der Waals surface area contributed by atoms with Gasteiger partial charge in [0.2, 0.25) is 5.89 Å². The van der Waals surface area contributed by atoms with Crippen LogP contribution in [0.25, 0.3) is 11.5 Å². The van der Waals surface area contributed by atoms with Crippen molar-refractivity contribution >= 4 is 33.5 Å². The summed E-state index contributed by atoms with van der Waals surface area (Å²) < 4.78 is 6.57. The van der Waals surface area contributed by atoms with E-state index in [2.05, 4.69) is 26.1 Å². The molecule has 1 aliphatic rings. The molecule has 2 aromatic rings. The average Bonchev–Trinajstić information content (AvgIpc) is 2.90. The van der Waals surface area contributed by atoms with Crippen molar-refractivity contribution in [2.75, 3.05) is 0 Å². The molecule has 0 spiro atoms. The van der Waals surface area contributed by atoms with E-state index in [1.165, 1.54) is 11.8 Å². The fourth-order valence-electron chi connectivity index (χ4n) is 2.20. The Bertz CT molecular complexity index is 629. The Morgan fingerprint density at radius 1 is 1.25 bits per heavy atom. The van der Waals surface area contributed by atoms with Crippen LogP contribution in [0.2, 0.25) is 0 Å². The lowest BCUT2D eigenvalue weighted by Crippen LogP contribution is -2.21. The SMILES string of the molecule is O=C1CCCC[C@@H]1Sc1nnc(-c2ccccc2Br)o1. The van der Waals surface area contributed by atoms with E-state index in [0.29, 0.717) is 23.3 Å². The third kappa shape index (κ3) is 2.96. The molecule has 104 valence electrons. The number of thioether (sulfide) groups is 1. The number of halogens is 1. The monoisotopic (exact) mass is 352 g/mol. The van der Waals surface area contributed by atoms with Gasteiger partial charge in [0.1, 0.15) is 5.78 Å². The van der Waals surface area contributed by atoms with Gasteiger partial charge in [-0.05, 0) is 40.9 Å². The number of hydrogen-bond donors (Lipinski definition) is 0. The molecule has 1 aromatic carbocycles. The van der Waals surface area contributed by atoms with Crippen molar-refractivity contribution in [2.24, 2.45) is 0 Å². The number of carbonyl (C=O) groups is 1. The maximum absolute atomic E-state index is 11.8. The quantitative estimate of drug-likeness (QED) is 0.831. The Hall–Kier alpha value is -1.14. The maximum Gasteiger partial charge on any atom is 0.277 e. The third-order valence-electron chi connectivity index (χ3n) is 3.25. The van der Waals surface area contributed by atoms with Crippen LogP contribution in [0.15, 0.2) is 38.4 Å². The van der Waals surface area contributed by atoms with Crippen LogP contribution in [0, 0.1) is 0 Å². The second kappa shape index (κ2) is 6.10. The van der Waals surface area contributed by atoms with Crippen molar-refractivity contribution in [2.45, 2.75) is 36.2 Å². The average molecular weight is 353 g/mol. The Kier molecular flexibility index (Phi) is 4.21. The van der Waals surface area contributed by atoms with E-state index in [4.69, 9.17) is 4.42 Å². The predicted molar refractivity (Wildman–Crippen MR) is 80.6 cm³/mol. The van der Waals surface area contributed by atoms with Crippen molar-refractivity contribution in [3.8, 4) is 11.5 Å². The minimum atomic E-state index is -0.0312. The second-order valence-electron chi connectivity index (χ2n) is 4.67. The van der Waals surface area contributed by atoms with Crippen LogP contribution in [-0.4, -0.2) is 21.2 Å². The minimum absolute atomic E-state index is 0.0312. The van der Waals surface area contributed by atoms with Gasteiger partial charge in [-0.2, -0.15) is 0 Å². The fraction of sp³-hybridized carbons (Fsp3) is 0.357. The van der Waals surface area contributed by atoms with Crippen molar-refractivity contribution in [1.29, 1.82) is 0 Å². The number of nitrogens with zero attached hydrogens (tertiary/aromatic N) is 2. The first-order valence-corrected chi connectivity index (χ1v) is 8.19. The first kappa shape index (κ1) is 13.8. The van der Waals surface area contributed by atoms with Gasteiger partial charge >= 0.3 is 0 Å². The summed E-state index contributed by atoms with van der Waals surface area (Å²) in [5.74, 6) is 0.769. The zero-order chi connectivity index (χ0) is 13.9. The Morgan fingerprint density at radius 3 is 2.90 bits per heavy atom. The molecule has 6 heteroatoms. The van der Waals surface area contributed by atoms with Crippen LogP contribution < -0.4 is 0 Å². The topological polar surface area (TPSA) is 56.0 Å². The molecule has 0 bridgehead atoms. The summed E-state index contributed by atoms with van der Waals surface area (Å²) >= 11 is 4.85. The summed E-state index contributed by atoms with van der Waals surface area (Å²) in [5, 5.41) is 8.53. The number of aromatic nitrogens is 2. The van der Waals surface area contributed by atoms with Crippen molar-refractivity contribution in [3.63, 3.8) is 0 Å². The molecular weight excluding hydrogens is 340 g/mol. The normalized spacial score (nSPS) is 19.2. The molecule has 1 fully saturated rings. The molecule has 3 rings (SSSR count). The van der Waals surface area contributed by atoms with Gasteiger partial charge in [0.25, 0.3) is 5.22 Å². The largest absolute Gasteiger partial charge is 0.411 e. The highest BCUT2D eigenvalue weighted by Crippen LogP contribution is 2.33. The molecule has 1 aromatic heterocycles. The molecule has 1 saturated carbocycles. The number of benzene rings is 1. The van der Waals surface area contributed by atoms with Crippen LogP contribution in [0.4, 0.5) is 0 Å². The number of Topliss-reactive ketones (excluding diaryl/α,β-unsaturated/α-hetero) is 1. The van der Waals surface area contributed by atoms with Crippen LogP contribution in [0.3, 0.4) is 0 Å². The Balaban J connectivity index is 1.77. The summed E-state index contributed by atoms with van der Waals surface area (Å²) in [7, 11) is 0. The molecule has 0 radical (unpaired) electrons. The molecule has 0 N–H and O–H groups in total. The van der Waals surface area contributed by atoms with Gasteiger partial charge < -0.3 is 4.42 Å². The first-order chi connectivity index (χ1) is 9.74. The smallest absolute Gasteiger partial charge is 0.277 e. The van der Waals surface area contributed by atoms with E-state index in [9.17, 15) is 4.79 Å². The first-order valence-electron chi connectivity index (χ1n) is 6.52. The van der Waals surface area contributed by atoms with Crippen LogP contribution in [0.1, 0.15) is 25.7 Å². The lowest BCUT2D eigenvalue weighted by Gasteiger charge is -2.17. The highest BCUT2D eigenvalue weighted by molar-refractivity contribution is 9.10. The lowest BCUT2D eigenvalue weighted by atomic mass is 9.99. The van der Waals surface area contributed by atoms with Gasteiger partial charge in [0, 0.05) is 10.9 Å². The van der Waals surface area contributed by atoms with Gasteiger partial charge in [-0.3, -0.25) is 4.79 Å². The molecule has 1 aliphatic carbocycles. The summed E-state index contributed by atoms with van der Waals surface area (Å²) in [6.07, 6.45) is 3.66. The summed E-state index contributed by atoms with van der Waals surface area (Å²) in [6.45, 7) is 0. The van der Waals surface area contributed by atoms with Gasteiger partial charge in [0.05, 0.1) is 10.8 Å². The molecule has 4 nitrogen and oxygen atoms in total. The van der Waals surface area contributed by atoms with E-state index in [1.807, 2.05) is 24.3 Å². The number of carbonyl (C=O) groups excluding carboxylic acids is 1. The van der Waals surface area contributed by atoms with E-state index >= 15 is 0 Å². The molecule has 1 heterocycles.